The highest BCUT2D eigenvalue weighted by atomic mass is 127. The second-order valence-electron chi connectivity index (χ2n) is 3.72. The monoisotopic (exact) mass is 359 g/mol. The Morgan fingerprint density at radius 2 is 1.82 bits per heavy atom. The number of hydrogen-bond donors (Lipinski definition) is 1. The third-order valence-corrected chi connectivity index (χ3v) is 4.21. The van der Waals surface area contributed by atoms with Gasteiger partial charge in [0.25, 0.3) is 0 Å². The Morgan fingerprint density at radius 3 is 2.47 bits per heavy atom. The zero-order valence-electron chi connectivity index (χ0n) is 9.21. The molecule has 0 spiro atoms. The summed E-state index contributed by atoms with van der Waals surface area (Å²) >= 11 is 3.42. The minimum absolute atomic E-state index is 0.227. The van der Waals surface area contributed by atoms with Gasteiger partial charge in [-0.05, 0) is 53.8 Å². The summed E-state index contributed by atoms with van der Waals surface area (Å²) < 4.78 is 14.0. The number of nitrogens with two attached hydrogens (primary N) is 1. The van der Waals surface area contributed by atoms with E-state index in [4.69, 9.17) is 5.73 Å². The third kappa shape index (κ3) is 3.13. The van der Waals surface area contributed by atoms with E-state index in [-0.39, 0.29) is 5.82 Å². The van der Waals surface area contributed by atoms with Crippen LogP contribution in [0.3, 0.4) is 0 Å². The van der Waals surface area contributed by atoms with Crippen LogP contribution in [0, 0.1) is 16.3 Å². The highest BCUT2D eigenvalue weighted by Gasteiger charge is 2.07. The standard InChI is InChI=1S/C13H11FINS/c1-8-2-4-9(5-3-8)17-13-6-10(14)11(15)7-12(13)16/h2-7H,16H2,1H3. The van der Waals surface area contributed by atoms with E-state index in [1.54, 1.807) is 6.07 Å². The van der Waals surface area contributed by atoms with E-state index in [0.29, 0.717) is 9.26 Å². The van der Waals surface area contributed by atoms with Crippen molar-refractivity contribution in [3.63, 3.8) is 0 Å². The molecule has 4 heteroatoms. The second-order valence-corrected chi connectivity index (χ2v) is 6.00. The highest BCUT2D eigenvalue weighted by Crippen LogP contribution is 2.34. The van der Waals surface area contributed by atoms with Crippen LogP contribution in [0.15, 0.2) is 46.2 Å². The van der Waals surface area contributed by atoms with E-state index in [0.717, 1.165) is 9.79 Å². The van der Waals surface area contributed by atoms with Crippen LogP contribution in [-0.4, -0.2) is 0 Å². The molecule has 0 heterocycles. The molecule has 2 aromatic rings. The quantitative estimate of drug-likeness (QED) is 0.632. The summed E-state index contributed by atoms with van der Waals surface area (Å²) in [5.41, 5.74) is 7.69. The highest BCUT2D eigenvalue weighted by molar-refractivity contribution is 14.1. The van der Waals surface area contributed by atoms with Gasteiger partial charge in [-0.3, -0.25) is 0 Å². The molecule has 0 aliphatic rings. The van der Waals surface area contributed by atoms with Gasteiger partial charge in [0.2, 0.25) is 0 Å². The number of halogens is 2. The van der Waals surface area contributed by atoms with Gasteiger partial charge in [0.1, 0.15) is 5.82 Å². The molecule has 0 fully saturated rings. The van der Waals surface area contributed by atoms with Crippen molar-refractivity contribution in [3.05, 3.63) is 51.3 Å². The van der Waals surface area contributed by atoms with Gasteiger partial charge in [0.05, 0.1) is 3.57 Å². The number of nitrogen functional groups attached to an aromatic ring is 1. The fourth-order valence-corrected chi connectivity index (χ4v) is 2.72. The van der Waals surface area contributed by atoms with Crippen LogP contribution >= 0.6 is 34.4 Å². The zero-order chi connectivity index (χ0) is 12.4. The Hall–Kier alpha value is -0.750. The summed E-state index contributed by atoms with van der Waals surface area (Å²) in [6, 6.07) is 11.2. The molecule has 0 atom stereocenters. The Balaban J connectivity index is 2.30. The van der Waals surface area contributed by atoms with Gasteiger partial charge in [-0.25, -0.2) is 4.39 Å². The van der Waals surface area contributed by atoms with Crippen molar-refractivity contribution in [2.45, 2.75) is 16.7 Å². The summed E-state index contributed by atoms with van der Waals surface area (Å²) in [7, 11) is 0. The number of hydrogen-bond acceptors (Lipinski definition) is 2. The van der Waals surface area contributed by atoms with Gasteiger partial charge >= 0.3 is 0 Å². The molecule has 0 aromatic heterocycles. The number of benzene rings is 2. The van der Waals surface area contributed by atoms with Crippen LogP contribution in [0.2, 0.25) is 0 Å². The zero-order valence-corrected chi connectivity index (χ0v) is 12.2. The van der Waals surface area contributed by atoms with Crippen LogP contribution in [0.5, 0.6) is 0 Å². The Bertz CT molecular complexity index is 540. The fourth-order valence-electron chi connectivity index (χ4n) is 1.37. The molecular formula is C13H11FINS. The van der Waals surface area contributed by atoms with Crippen LogP contribution in [0.25, 0.3) is 0 Å². The first-order valence-corrected chi connectivity index (χ1v) is 6.95. The molecule has 2 rings (SSSR count). The predicted octanol–water partition coefficient (Wildman–Crippen LogP) is 4.47. The summed E-state index contributed by atoms with van der Waals surface area (Å²) in [6.45, 7) is 2.04. The van der Waals surface area contributed by atoms with Gasteiger partial charge < -0.3 is 5.73 Å². The predicted molar refractivity (Wildman–Crippen MR) is 78.8 cm³/mol. The van der Waals surface area contributed by atoms with Crippen LogP contribution in [-0.2, 0) is 0 Å². The number of anilines is 1. The van der Waals surface area contributed by atoms with E-state index in [2.05, 4.69) is 0 Å². The van der Waals surface area contributed by atoms with E-state index in [1.807, 2.05) is 53.8 Å². The van der Waals surface area contributed by atoms with Gasteiger partial charge in [-0.15, -0.1) is 0 Å². The molecule has 0 saturated carbocycles. The molecule has 0 amide bonds. The van der Waals surface area contributed by atoms with Gasteiger partial charge in [0.15, 0.2) is 0 Å². The lowest BCUT2D eigenvalue weighted by Crippen LogP contribution is -1.92. The Labute approximate surface area is 118 Å². The van der Waals surface area contributed by atoms with Gasteiger partial charge in [-0.1, -0.05) is 29.5 Å². The average Bonchev–Trinajstić information content (AvgIpc) is 2.29. The maximum Gasteiger partial charge on any atom is 0.137 e. The largest absolute Gasteiger partial charge is 0.398 e. The SMILES string of the molecule is Cc1ccc(Sc2cc(F)c(I)cc2N)cc1. The first-order chi connectivity index (χ1) is 8.06. The lowest BCUT2D eigenvalue weighted by Gasteiger charge is -2.07. The topological polar surface area (TPSA) is 26.0 Å². The molecule has 88 valence electrons. The number of rotatable bonds is 2. The van der Waals surface area contributed by atoms with E-state index in [9.17, 15) is 4.39 Å². The molecule has 17 heavy (non-hydrogen) atoms. The summed E-state index contributed by atoms with van der Waals surface area (Å²) in [4.78, 5) is 1.81. The molecule has 0 radical (unpaired) electrons. The molecule has 0 aliphatic carbocycles. The molecule has 1 nitrogen and oxygen atoms in total. The molecular weight excluding hydrogens is 348 g/mol. The summed E-state index contributed by atoms with van der Waals surface area (Å²) in [5.74, 6) is -0.227. The van der Waals surface area contributed by atoms with E-state index >= 15 is 0 Å². The third-order valence-electron chi connectivity index (χ3n) is 2.30. The van der Waals surface area contributed by atoms with Crippen molar-refractivity contribution in [1.29, 1.82) is 0 Å². The normalized spacial score (nSPS) is 10.5. The molecule has 0 bridgehead atoms. The average molecular weight is 359 g/mol. The molecule has 0 unspecified atom stereocenters. The minimum Gasteiger partial charge on any atom is -0.398 e. The van der Waals surface area contributed by atoms with Crippen molar-refractivity contribution < 1.29 is 4.39 Å². The molecule has 0 aliphatic heterocycles. The van der Waals surface area contributed by atoms with Crippen LogP contribution < -0.4 is 5.73 Å². The molecule has 2 N–H and O–H groups in total. The maximum atomic E-state index is 13.4. The van der Waals surface area contributed by atoms with Crippen molar-refractivity contribution in [1.82, 2.24) is 0 Å². The van der Waals surface area contributed by atoms with Crippen LogP contribution in [0.4, 0.5) is 10.1 Å². The second kappa shape index (κ2) is 5.27. The lowest BCUT2D eigenvalue weighted by atomic mass is 10.2. The molecule has 2 aromatic carbocycles. The maximum absolute atomic E-state index is 13.4. The van der Waals surface area contributed by atoms with Crippen LogP contribution in [0.1, 0.15) is 5.56 Å². The van der Waals surface area contributed by atoms with Gasteiger partial charge in [0, 0.05) is 15.5 Å². The van der Waals surface area contributed by atoms with Crippen molar-refractivity contribution in [2.75, 3.05) is 5.73 Å². The number of aryl methyl sites for hydroxylation is 1. The van der Waals surface area contributed by atoms with Crippen molar-refractivity contribution in [2.24, 2.45) is 0 Å². The first kappa shape index (κ1) is 12.7. The summed E-state index contributed by atoms with van der Waals surface area (Å²) in [6.07, 6.45) is 0. The fraction of sp³-hybridized carbons (Fsp3) is 0.0769. The Kier molecular flexibility index (Phi) is 3.93. The van der Waals surface area contributed by atoms with Crippen molar-refractivity contribution in [3.8, 4) is 0 Å². The first-order valence-electron chi connectivity index (χ1n) is 5.05. The molecule has 0 saturated heterocycles. The Morgan fingerprint density at radius 1 is 1.18 bits per heavy atom. The lowest BCUT2D eigenvalue weighted by molar-refractivity contribution is 0.617. The minimum atomic E-state index is -0.227. The van der Waals surface area contributed by atoms with E-state index in [1.165, 1.54) is 23.4 Å². The van der Waals surface area contributed by atoms with Gasteiger partial charge in [-0.2, -0.15) is 0 Å². The van der Waals surface area contributed by atoms with Crippen molar-refractivity contribution >= 4 is 40.0 Å². The van der Waals surface area contributed by atoms with E-state index < -0.39 is 0 Å². The summed E-state index contributed by atoms with van der Waals surface area (Å²) in [5, 5.41) is 0. The smallest absolute Gasteiger partial charge is 0.137 e.